The number of para-hydroxylation sites is 1. The molecule has 3 rings (SSSR count). The Hall–Kier alpha value is -1.77. The average molecular weight is 270 g/mol. The minimum atomic E-state index is 0.0769. The first-order chi connectivity index (χ1) is 9.68. The van der Waals surface area contributed by atoms with Gasteiger partial charge in [0, 0.05) is 24.0 Å². The van der Waals surface area contributed by atoms with E-state index in [1.165, 1.54) is 24.6 Å². The van der Waals surface area contributed by atoms with Gasteiger partial charge in [-0.2, -0.15) is 0 Å². The molecule has 3 nitrogen and oxygen atoms in total. The maximum Gasteiger partial charge on any atom is 0.268 e. The van der Waals surface area contributed by atoms with Crippen LogP contribution in [0.25, 0.3) is 10.9 Å². The van der Waals surface area contributed by atoms with Crippen LogP contribution in [0.4, 0.5) is 0 Å². The van der Waals surface area contributed by atoms with E-state index in [0.717, 1.165) is 29.6 Å². The van der Waals surface area contributed by atoms with Crippen molar-refractivity contribution in [3.63, 3.8) is 0 Å². The molecule has 1 aromatic carbocycles. The zero-order valence-corrected chi connectivity index (χ0v) is 12.3. The summed E-state index contributed by atoms with van der Waals surface area (Å²) in [4.78, 5) is 12.6. The second-order valence-corrected chi connectivity index (χ2v) is 5.86. The smallest absolute Gasteiger partial charge is 0.268 e. The third-order valence-electron chi connectivity index (χ3n) is 4.52. The lowest BCUT2D eigenvalue weighted by molar-refractivity contribution is 0.0919. The Labute approximate surface area is 120 Å². The molecule has 0 saturated heterocycles. The standard InChI is InChI=1S/C17H22N2O/c1-12-14-10-6-7-11-15(14)19(2)16(12)17(20)18-13-8-4-3-5-9-13/h6-7,10-11,13H,3-5,8-9H2,1-2H3,(H,18,20). The molecular weight excluding hydrogens is 248 g/mol. The van der Waals surface area contributed by atoms with E-state index in [9.17, 15) is 4.79 Å². The van der Waals surface area contributed by atoms with Gasteiger partial charge < -0.3 is 9.88 Å². The number of nitrogens with zero attached hydrogens (tertiary/aromatic N) is 1. The topological polar surface area (TPSA) is 34.0 Å². The number of benzene rings is 1. The predicted molar refractivity (Wildman–Crippen MR) is 82.0 cm³/mol. The first-order valence-electron chi connectivity index (χ1n) is 7.53. The van der Waals surface area contributed by atoms with Gasteiger partial charge in [0.1, 0.15) is 5.69 Å². The highest BCUT2D eigenvalue weighted by Gasteiger charge is 2.21. The summed E-state index contributed by atoms with van der Waals surface area (Å²) in [6.45, 7) is 2.04. The van der Waals surface area contributed by atoms with E-state index in [4.69, 9.17) is 0 Å². The van der Waals surface area contributed by atoms with Gasteiger partial charge in [0.15, 0.2) is 0 Å². The first-order valence-corrected chi connectivity index (χ1v) is 7.53. The van der Waals surface area contributed by atoms with E-state index in [-0.39, 0.29) is 5.91 Å². The second kappa shape index (κ2) is 5.31. The molecule has 1 amide bonds. The van der Waals surface area contributed by atoms with Crippen LogP contribution in [0.1, 0.15) is 48.2 Å². The third-order valence-corrected chi connectivity index (χ3v) is 4.52. The van der Waals surface area contributed by atoms with E-state index >= 15 is 0 Å². The number of carbonyl (C=O) groups excluding carboxylic acids is 1. The molecule has 1 aliphatic carbocycles. The normalized spacial score (nSPS) is 16.5. The predicted octanol–water partition coefficient (Wildman–Crippen LogP) is 3.55. The van der Waals surface area contributed by atoms with E-state index in [0.29, 0.717) is 6.04 Å². The average Bonchev–Trinajstić information content (AvgIpc) is 2.72. The fourth-order valence-corrected chi connectivity index (χ4v) is 3.41. The van der Waals surface area contributed by atoms with Crippen LogP contribution in [0, 0.1) is 6.92 Å². The van der Waals surface area contributed by atoms with Crippen molar-refractivity contribution in [3.8, 4) is 0 Å². The fourth-order valence-electron chi connectivity index (χ4n) is 3.41. The molecular formula is C17H22N2O. The SMILES string of the molecule is Cc1c(C(=O)NC2CCCCC2)n(C)c2ccccc12. The van der Waals surface area contributed by atoms with Crippen LogP contribution >= 0.6 is 0 Å². The number of nitrogens with one attached hydrogen (secondary N) is 1. The van der Waals surface area contributed by atoms with Gasteiger partial charge in [-0.3, -0.25) is 4.79 Å². The first kappa shape index (κ1) is 13.2. The van der Waals surface area contributed by atoms with Crippen molar-refractivity contribution in [1.29, 1.82) is 0 Å². The van der Waals surface area contributed by atoms with E-state index in [2.05, 4.69) is 17.4 Å². The Morgan fingerprint density at radius 3 is 2.60 bits per heavy atom. The van der Waals surface area contributed by atoms with Crippen molar-refractivity contribution < 1.29 is 4.79 Å². The lowest BCUT2D eigenvalue weighted by Gasteiger charge is -2.23. The number of rotatable bonds is 2. The highest BCUT2D eigenvalue weighted by atomic mass is 16.2. The van der Waals surface area contributed by atoms with Crippen LogP contribution in [0.5, 0.6) is 0 Å². The molecule has 0 atom stereocenters. The van der Waals surface area contributed by atoms with Gasteiger partial charge in [-0.1, -0.05) is 37.5 Å². The number of fused-ring (bicyclic) bond motifs is 1. The lowest BCUT2D eigenvalue weighted by Crippen LogP contribution is -2.37. The van der Waals surface area contributed by atoms with Gasteiger partial charge in [-0.15, -0.1) is 0 Å². The zero-order chi connectivity index (χ0) is 14.1. The maximum absolute atomic E-state index is 12.6. The van der Waals surface area contributed by atoms with Crippen molar-refractivity contribution >= 4 is 16.8 Å². The molecule has 0 bridgehead atoms. The monoisotopic (exact) mass is 270 g/mol. The summed E-state index contributed by atoms with van der Waals surface area (Å²) >= 11 is 0. The Morgan fingerprint density at radius 2 is 1.90 bits per heavy atom. The molecule has 1 fully saturated rings. The third kappa shape index (κ3) is 2.21. The Balaban J connectivity index is 1.91. The van der Waals surface area contributed by atoms with Crippen molar-refractivity contribution in [1.82, 2.24) is 9.88 Å². The molecule has 1 heterocycles. The molecule has 1 aromatic heterocycles. The quantitative estimate of drug-likeness (QED) is 0.889. The van der Waals surface area contributed by atoms with E-state index < -0.39 is 0 Å². The molecule has 0 aliphatic heterocycles. The van der Waals surface area contributed by atoms with Gasteiger partial charge in [0.25, 0.3) is 5.91 Å². The number of carbonyl (C=O) groups is 1. The van der Waals surface area contributed by atoms with Crippen molar-refractivity contribution in [2.75, 3.05) is 0 Å². The molecule has 1 N–H and O–H groups in total. The van der Waals surface area contributed by atoms with Crippen molar-refractivity contribution in [2.24, 2.45) is 7.05 Å². The summed E-state index contributed by atoms with van der Waals surface area (Å²) in [6.07, 6.45) is 6.01. The highest BCUT2D eigenvalue weighted by molar-refractivity contribution is 6.01. The Morgan fingerprint density at radius 1 is 1.20 bits per heavy atom. The Kier molecular flexibility index (Phi) is 3.51. The number of aromatic nitrogens is 1. The highest BCUT2D eigenvalue weighted by Crippen LogP contribution is 2.25. The van der Waals surface area contributed by atoms with Crippen LogP contribution in [0.15, 0.2) is 24.3 Å². The summed E-state index contributed by atoms with van der Waals surface area (Å²) in [5.74, 6) is 0.0769. The lowest BCUT2D eigenvalue weighted by atomic mass is 9.95. The fraction of sp³-hybridized carbons (Fsp3) is 0.471. The van der Waals surface area contributed by atoms with E-state index in [1.54, 1.807) is 0 Å². The molecule has 0 radical (unpaired) electrons. The van der Waals surface area contributed by atoms with Crippen LogP contribution in [0.2, 0.25) is 0 Å². The van der Waals surface area contributed by atoms with Crippen LogP contribution < -0.4 is 5.32 Å². The number of aryl methyl sites for hydroxylation is 2. The molecule has 3 heteroatoms. The van der Waals surface area contributed by atoms with Gasteiger partial charge in [-0.25, -0.2) is 0 Å². The zero-order valence-electron chi connectivity index (χ0n) is 12.3. The molecule has 20 heavy (non-hydrogen) atoms. The Bertz CT molecular complexity index is 597. The van der Waals surface area contributed by atoms with Crippen LogP contribution in [-0.4, -0.2) is 16.5 Å². The number of hydrogen-bond acceptors (Lipinski definition) is 1. The van der Waals surface area contributed by atoms with Gasteiger partial charge in [-0.05, 0) is 31.4 Å². The minimum Gasteiger partial charge on any atom is -0.348 e. The second-order valence-electron chi connectivity index (χ2n) is 5.86. The summed E-state index contributed by atoms with van der Waals surface area (Å²) in [6, 6.07) is 8.55. The van der Waals surface area contributed by atoms with Gasteiger partial charge in [0.2, 0.25) is 0 Å². The van der Waals surface area contributed by atoms with Gasteiger partial charge >= 0.3 is 0 Å². The summed E-state index contributed by atoms with van der Waals surface area (Å²) < 4.78 is 2.02. The molecule has 0 unspecified atom stereocenters. The van der Waals surface area contributed by atoms with Crippen LogP contribution in [-0.2, 0) is 7.05 Å². The largest absolute Gasteiger partial charge is 0.348 e. The molecule has 1 saturated carbocycles. The minimum absolute atomic E-state index is 0.0769. The maximum atomic E-state index is 12.6. The van der Waals surface area contributed by atoms with Crippen LogP contribution in [0.3, 0.4) is 0 Å². The van der Waals surface area contributed by atoms with Crippen molar-refractivity contribution in [3.05, 3.63) is 35.5 Å². The van der Waals surface area contributed by atoms with Gasteiger partial charge in [0.05, 0.1) is 0 Å². The molecule has 106 valence electrons. The summed E-state index contributed by atoms with van der Waals surface area (Å²) in [5, 5.41) is 4.39. The van der Waals surface area contributed by atoms with E-state index in [1.807, 2.05) is 30.7 Å². The number of hydrogen-bond donors (Lipinski definition) is 1. The van der Waals surface area contributed by atoms with Crippen molar-refractivity contribution in [2.45, 2.75) is 45.1 Å². The summed E-state index contributed by atoms with van der Waals surface area (Å²) in [7, 11) is 1.98. The molecule has 0 spiro atoms. The summed E-state index contributed by atoms with van der Waals surface area (Å²) in [5.41, 5.74) is 3.01. The molecule has 1 aliphatic rings. The molecule has 2 aromatic rings. The number of amides is 1.